The van der Waals surface area contributed by atoms with Crippen molar-refractivity contribution in [3.63, 3.8) is 0 Å². The summed E-state index contributed by atoms with van der Waals surface area (Å²) >= 11 is 12.6. The molecule has 0 aliphatic heterocycles. The number of benzene rings is 3. The first-order valence-electron chi connectivity index (χ1n) is 8.48. The van der Waals surface area contributed by atoms with Crippen LogP contribution in [-0.2, 0) is 13.2 Å². The quantitative estimate of drug-likeness (QED) is 0.503. The van der Waals surface area contributed by atoms with Gasteiger partial charge < -0.3 is 10.1 Å². The molecule has 0 aromatic heterocycles. The smallest absolute Gasteiger partial charge is 0.143 e. The van der Waals surface area contributed by atoms with E-state index in [4.69, 9.17) is 27.9 Å². The molecule has 0 fully saturated rings. The lowest BCUT2D eigenvalue weighted by Crippen LogP contribution is -2.04. The van der Waals surface area contributed by atoms with Crippen molar-refractivity contribution in [2.24, 2.45) is 0 Å². The number of nitrogens with one attached hydrogen (secondary N) is 1. The first kappa shape index (κ1) is 18.6. The average molecular weight is 386 g/mol. The summed E-state index contributed by atoms with van der Waals surface area (Å²) in [5, 5.41) is 4.51. The predicted octanol–water partition coefficient (Wildman–Crippen LogP) is 6.80. The maximum atomic E-state index is 6.39. The zero-order valence-electron chi connectivity index (χ0n) is 14.9. The molecule has 4 heteroatoms. The lowest BCUT2D eigenvalue weighted by Gasteiger charge is -2.15. The topological polar surface area (TPSA) is 21.3 Å². The summed E-state index contributed by atoms with van der Waals surface area (Å²) in [6, 6.07) is 20.1. The summed E-state index contributed by atoms with van der Waals surface area (Å²) in [5.41, 5.74) is 5.51. The minimum absolute atomic E-state index is 0.458. The van der Waals surface area contributed by atoms with Crippen molar-refractivity contribution < 1.29 is 4.74 Å². The molecule has 0 saturated carbocycles. The number of rotatable bonds is 6. The van der Waals surface area contributed by atoms with Crippen LogP contribution in [0.15, 0.2) is 60.7 Å². The molecule has 134 valence electrons. The largest absolute Gasteiger partial charge is 0.487 e. The minimum atomic E-state index is 0.458. The molecule has 0 saturated heterocycles. The van der Waals surface area contributed by atoms with Crippen molar-refractivity contribution in [2.45, 2.75) is 27.0 Å². The summed E-state index contributed by atoms with van der Waals surface area (Å²) in [5.74, 6) is 0.663. The van der Waals surface area contributed by atoms with Gasteiger partial charge in [-0.1, -0.05) is 70.7 Å². The van der Waals surface area contributed by atoms with E-state index in [-0.39, 0.29) is 0 Å². The van der Waals surface area contributed by atoms with E-state index in [1.54, 1.807) is 6.07 Å². The second-order valence-electron chi connectivity index (χ2n) is 6.37. The van der Waals surface area contributed by atoms with Gasteiger partial charge in [-0.15, -0.1) is 0 Å². The van der Waals surface area contributed by atoms with Crippen molar-refractivity contribution in [3.8, 4) is 5.75 Å². The van der Waals surface area contributed by atoms with Crippen LogP contribution < -0.4 is 10.1 Å². The number of aryl methyl sites for hydroxylation is 2. The fraction of sp³-hybridized carbons (Fsp3) is 0.182. The predicted molar refractivity (Wildman–Crippen MR) is 110 cm³/mol. The molecule has 0 heterocycles. The second kappa shape index (κ2) is 8.48. The highest BCUT2D eigenvalue weighted by atomic mass is 35.5. The molecule has 0 bridgehead atoms. The fourth-order valence-corrected chi connectivity index (χ4v) is 3.21. The number of hydrogen-bond donors (Lipinski definition) is 1. The third-order valence-electron chi connectivity index (χ3n) is 4.12. The molecule has 1 N–H and O–H groups in total. The highest BCUT2D eigenvalue weighted by Gasteiger charge is 2.11. The maximum Gasteiger partial charge on any atom is 0.143 e. The average Bonchev–Trinajstić information content (AvgIpc) is 2.62. The highest BCUT2D eigenvalue weighted by Crippen LogP contribution is 2.33. The van der Waals surface area contributed by atoms with Crippen molar-refractivity contribution in [2.75, 3.05) is 5.32 Å². The molecule has 3 aromatic carbocycles. The van der Waals surface area contributed by atoms with E-state index in [0.717, 1.165) is 16.8 Å². The van der Waals surface area contributed by atoms with Gasteiger partial charge in [0.2, 0.25) is 0 Å². The number of halogens is 2. The first-order chi connectivity index (χ1) is 12.5. The van der Waals surface area contributed by atoms with Gasteiger partial charge >= 0.3 is 0 Å². The lowest BCUT2D eigenvalue weighted by atomic mass is 10.1. The molecule has 2 nitrogen and oxygen atoms in total. The number of hydrogen-bond acceptors (Lipinski definition) is 2. The van der Waals surface area contributed by atoms with Crippen LogP contribution in [0.25, 0.3) is 0 Å². The van der Waals surface area contributed by atoms with E-state index in [1.807, 2.05) is 18.2 Å². The van der Waals surface area contributed by atoms with Crippen molar-refractivity contribution >= 4 is 28.9 Å². The summed E-state index contributed by atoms with van der Waals surface area (Å²) in [6.45, 7) is 5.17. The first-order valence-corrected chi connectivity index (χ1v) is 9.23. The molecular weight excluding hydrogens is 365 g/mol. The Labute approximate surface area is 164 Å². The molecule has 26 heavy (non-hydrogen) atoms. The van der Waals surface area contributed by atoms with E-state index in [2.05, 4.69) is 55.6 Å². The molecule has 3 rings (SSSR count). The van der Waals surface area contributed by atoms with Crippen LogP contribution in [0.5, 0.6) is 5.75 Å². The monoisotopic (exact) mass is 385 g/mol. The van der Waals surface area contributed by atoms with Gasteiger partial charge in [-0.25, -0.2) is 0 Å². The summed E-state index contributed by atoms with van der Waals surface area (Å²) in [7, 11) is 0. The molecule has 0 aliphatic rings. The summed E-state index contributed by atoms with van der Waals surface area (Å²) in [4.78, 5) is 0. The van der Waals surface area contributed by atoms with E-state index < -0.39 is 0 Å². The van der Waals surface area contributed by atoms with Crippen LogP contribution in [0.3, 0.4) is 0 Å². The Bertz CT molecular complexity index is 874. The Kier molecular flexibility index (Phi) is 6.08. The SMILES string of the molecule is Cc1ccc(COc2c(Cl)cc(Cl)cc2CNc2ccc(C)cc2)cc1. The zero-order valence-corrected chi connectivity index (χ0v) is 16.4. The molecule has 0 radical (unpaired) electrons. The van der Waals surface area contributed by atoms with Gasteiger partial charge in [0.15, 0.2) is 0 Å². The highest BCUT2D eigenvalue weighted by molar-refractivity contribution is 6.35. The molecule has 0 spiro atoms. The Morgan fingerprint density at radius 2 is 1.46 bits per heavy atom. The van der Waals surface area contributed by atoms with Gasteiger partial charge in [0, 0.05) is 22.8 Å². The molecule has 0 aliphatic carbocycles. The lowest BCUT2D eigenvalue weighted by molar-refractivity contribution is 0.303. The summed E-state index contributed by atoms with van der Waals surface area (Å²) < 4.78 is 6.03. The van der Waals surface area contributed by atoms with Gasteiger partial charge in [0.25, 0.3) is 0 Å². The van der Waals surface area contributed by atoms with Gasteiger partial charge in [0.05, 0.1) is 5.02 Å². The van der Waals surface area contributed by atoms with Crippen LogP contribution in [0.2, 0.25) is 10.0 Å². The third kappa shape index (κ3) is 4.94. The molecule has 0 amide bonds. The Morgan fingerprint density at radius 3 is 2.12 bits per heavy atom. The van der Waals surface area contributed by atoms with Crippen LogP contribution >= 0.6 is 23.2 Å². The second-order valence-corrected chi connectivity index (χ2v) is 7.21. The fourth-order valence-electron chi connectivity index (χ4n) is 2.62. The molecule has 3 aromatic rings. The van der Waals surface area contributed by atoms with Crippen molar-refractivity contribution in [3.05, 3.63) is 93.0 Å². The molecular formula is C22H21Cl2NO. The maximum absolute atomic E-state index is 6.39. The summed E-state index contributed by atoms with van der Waals surface area (Å²) in [6.07, 6.45) is 0. The van der Waals surface area contributed by atoms with Crippen LogP contribution in [0, 0.1) is 13.8 Å². The van der Waals surface area contributed by atoms with Gasteiger partial charge in [-0.2, -0.15) is 0 Å². The Hall–Kier alpha value is -2.16. The standard InChI is InChI=1S/C22H21Cl2NO/c1-15-3-7-17(8-4-15)14-26-22-18(11-19(23)12-21(22)24)13-25-20-9-5-16(2)6-10-20/h3-12,25H,13-14H2,1-2H3. The van der Waals surface area contributed by atoms with E-state index >= 15 is 0 Å². The number of anilines is 1. The van der Waals surface area contributed by atoms with Gasteiger partial charge in [-0.3, -0.25) is 0 Å². The normalized spacial score (nSPS) is 10.6. The van der Waals surface area contributed by atoms with Crippen LogP contribution in [0.1, 0.15) is 22.3 Å². The van der Waals surface area contributed by atoms with E-state index in [9.17, 15) is 0 Å². The molecule has 0 atom stereocenters. The Balaban J connectivity index is 1.75. The molecule has 0 unspecified atom stereocenters. The van der Waals surface area contributed by atoms with E-state index in [0.29, 0.717) is 28.9 Å². The van der Waals surface area contributed by atoms with Crippen molar-refractivity contribution in [1.82, 2.24) is 0 Å². The van der Waals surface area contributed by atoms with Crippen molar-refractivity contribution in [1.29, 1.82) is 0 Å². The van der Waals surface area contributed by atoms with Crippen LogP contribution in [-0.4, -0.2) is 0 Å². The van der Waals surface area contributed by atoms with Crippen LogP contribution in [0.4, 0.5) is 5.69 Å². The third-order valence-corrected chi connectivity index (χ3v) is 4.62. The van der Waals surface area contributed by atoms with Gasteiger partial charge in [-0.05, 0) is 43.7 Å². The Morgan fingerprint density at radius 1 is 0.846 bits per heavy atom. The number of ether oxygens (including phenoxy) is 1. The van der Waals surface area contributed by atoms with E-state index in [1.165, 1.54) is 11.1 Å². The minimum Gasteiger partial charge on any atom is -0.487 e. The van der Waals surface area contributed by atoms with Gasteiger partial charge in [0.1, 0.15) is 12.4 Å². The zero-order chi connectivity index (χ0) is 18.5.